The Bertz CT molecular complexity index is 868. The number of hydrogen-bond acceptors (Lipinski definition) is 4. The minimum absolute atomic E-state index is 0.0419. The SMILES string of the molecule is CN(Cc1ccccc1O)C(=O)Nc1cc(C(F)(F)F)ccc1N1CCOCC1. The molecular weight excluding hydrogens is 387 g/mol. The van der Waals surface area contributed by atoms with Gasteiger partial charge in [-0.15, -0.1) is 0 Å². The number of aromatic hydroxyl groups is 1. The Morgan fingerprint density at radius 3 is 2.55 bits per heavy atom. The molecule has 0 aromatic heterocycles. The van der Waals surface area contributed by atoms with E-state index < -0.39 is 17.8 Å². The number of phenols is 1. The normalized spacial score (nSPS) is 14.6. The summed E-state index contributed by atoms with van der Waals surface area (Å²) < 4.78 is 44.9. The van der Waals surface area contributed by atoms with Crippen LogP contribution in [0.15, 0.2) is 42.5 Å². The van der Waals surface area contributed by atoms with Crippen molar-refractivity contribution in [3.05, 3.63) is 53.6 Å². The van der Waals surface area contributed by atoms with E-state index in [9.17, 15) is 23.1 Å². The van der Waals surface area contributed by atoms with Crippen molar-refractivity contribution in [3.63, 3.8) is 0 Å². The number of anilines is 2. The maximum atomic E-state index is 13.2. The standard InChI is InChI=1S/C20H22F3N3O3/c1-25(13-14-4-2-3-5-18(14)27)19(28)24-16-12-15(20(21,22)23)6-7-17(16)26-8-10-29-11-9-26/h2-7,12,27H,8-11,13H2,1H3,(H,24,28). The van der Waals surface area contributed by atoms with Gasteiger partial charge in [-0.05, 0) is 24.3 Å². The highest BCUT2D eigenvalue weighted by Crippen LogP contribution is 2.36. The molecule has 1 aliphatic heterocycles. The predicted molar refractivity (Wildman–Crippen MR) is 103 cm³/mol. The van der Waals surface area contributed by atoms with Gasteiger partial charge in [0.15, 0.2) is 0 Å². The van der Waals surface area contributed by atoms with Crippen LogP contribution in [0.4, 0.5) is 29.3 Å². The maximum absolute atomic E-state index is 13.2. The molecule has 9 heteroatoms. The number of halogens is 3. The second kappa shape index (κ2) is 8.60. The van der Waals surface area contributed by atoms with Crippen LogP contribution < -0.4 is 10.2 Å². The van der Waals surface area contributed by atoms with E-state index in [4.69, 9.17) is 4.74 Å². The van der Waals surface area contributed by atoms with Crippen LogP contribution in [0.25, 0.3) is 0 Å². The zero-order valence-electron chi connectivity index (χ0n) is 15.9. The van der Waals surface area contributed by atoms with Gasteiger partial charge in [0.2, 0.25) is 0 Å². The number of carbonyl (C=O) groups excluding carboxylic acids is 1. The van der Waals surface area contributed by atoms with Crippen molar-refractivity contribution in [1.82, 2.24) is 4.90 Å². The number of ether oxygens (including phenoxy) is 1. The van der Waals surface area contributed by atoms with E-state index in [1.807, 2.05) is 4.90 Å². The van der Waals surface area contributed by atoms with Crippen LogP contribution in [-0.2, 0) is 17.5 Å². The first-order valence-electron chi connectivity index (χ1n) is 9.08. The highest BCUT2D eigenvalue weighted by molar-refractivity contribution is 5.93. The van der Waals surface area contributed by atoms with Crippen LogP contribution in [0.3, 0.4) is 0 Å². The van der Waals surface area contributed by atoms with Crippen molar-refractivity contribution < 1.29 is 27.8 Å². The smallest absolute Gasteiger partial charge is 0.416 e. The lowest BCUT2D eigenvalue weighted by Gasteiger charge is -2.31. The largest absolute Gasteiger partial charge is 0.508 e. The lowest BCUT2D eigenvalue weighted by Crippen LogP contribution is -2.37. The molecule has 2 aromatic carbocycles. The van der Waals surface area contributed by atoms with E-state index in [1.54, 1.807) is 18.2 Å². The number of nitrogens with zero attached hydrogens (tertiary/aromatic N) is 2. The predicted octanol–water partition coefficient (Wildman–Crippen LogP) is 3.91. The Labute approximate surface area is 166 Å². The number of benzene rings is 2. The second-order valence-corrected chi connectivity index (χ2v) is 6.74. The average molecular weight is 409 g/mol. The molecule has 0 radical (unpaired) electrons. The minimum atomic E-state index is -4.52. The van der Waals surface area contributed by atoms with Crippen LogP contribution in [0.2, 0.25) is 0 Å². The molecule has 156 valence electrons. The number of carbonyl (C=O) groups is 1. The van der Waals surface area contributed by atoms with E-state index in [0.717, 1.165) is 12.1 Å². The quantitative estimate of drug-likeness (QED) is 0.804. The van der Waals surface area contributed by atoms with E-state index in [1.165, 1.54) is 24.1 Å². The van der Waals surface area contributed by atoms with E-state index in [2.05, 4.69) is 5.32 Å². The van der Waals surface area contributed by atoms with Crippen molar-refractivity contribution in [1.29, 1.82) is 0 Å². The van der Waals surface area contributed by atoms with Crippen molar-refractivity contribution in [2.45, 2.75) is 12.7 Å². The molecule has 1 heterocycles. The van der Waals surface area contributed by atoms with Gasteiger partial charge in [-0.25, -0.2) is 4.79 Å². The van der Waals surface area contributed by atoms with Gasteiger partial charge in [0.1, 0.15) is 5.75 Å². The minimum Gasteiger partial charge on any atom is -0.508 e. The van der Waals surface area contributed by atoms with Gasteiger partial charge in [0.05, 0.1) is 36.7 Å². The highest BCUT2D eigenvalue weighted by atomic mass is 19.4. The number of nitrogens with one attached hydrogen (secondary N) is 1. The van der Waals surface area contributed by atoms with Gasteiger partial charge in [-0.3, -0.25) is 0 Å². The Morgan fingerprint density at radius 1 is 1.21 bits per heavy atom. The molecule has 0 bridgehead atoms. The van der Waals surface area contributed by atoms with Crippen molar-refractivity contribution in [2.24, 2.45) is 0 Å². The lowest BCUT2D eigenvalue weighted by atomic mass is 10.1. The second-order valence-electron chi connectivity index (χ2n) is 6.74. The van der Waals surface area contributed by atoms with Gasteiger partial charge in [0.25, 0.3) is 0 Å². The summed E-state index contributed by atoms with van der Waals surface area (Å²) in [4.78, 5) is 15.8. The first kappa shape index (κ1) is 20.8. The van der Waals surface area contributed by atoms with Crippen LogP contribution in [0, 0.1) is 0 Å². The summed E-state index contributed by atoms with van der Waals surface area (Å²) in [6, 6.07) is 9.30. The van der Waals surface area contributed by atoms with E-state index in [0.29, 0.717) is 37.6 Å². The molecule has 2 aromatic rings. The maximum Gasteiger partial charge on any atom is 0.416 e. The molecule has 6 nitrogen and oxygen atoms in total. The molecule has 0 atom stereocenters. The third-order valence-corrected chi connectivity index (χ3v) is 4.66. The van der Waals surface area contributed by atoms with Gasteiger partial charge in [0, 0.05) is 25.7 Å². The Balaban J connectivity index is 1.83. The van der Waals surface area contributed by atoms with Crippen LogP contribution >= 0.6 is 0 Å². The fraction of sp³-hybridized carbons (Fsp3) is 0.350. The molecule has 3 rings (SSSR count). The van der Waals surface area contributed by atoms with Gasteiger partial charge in [-0.2, -0.15) is 13.2 Å². The fourth-order valence-corrected chi connectivity index (χ4v) is 3.07. The fourth-order valence-electron chi connectivity index (χ4n) is 3.07. The zero-order valence-corrected chi connectivity index (χ0v) is 15.9. The Morgan fingerprint density at radius 2 is 1.90 bits per heavy atom. The number of phenolic OH excluding ortho intramolecular Hbond substituents is 1. The molecule has 2 N–H and O–H groups in total. The molecule has 29 heavy (non-hydrogen) atoms. The summed E-state index contributed by atoms with van der Waals surface area (Å²) in [5.41, 5.74) is 0.275. The molecule has 2 amide bonds. The number of amides is 2. The summed E-state index contributed by atoms with van der Waals surface area (Å²) in [5, 5.41) is 12.5. The summed E-state index contributed by atoms with van der Waals surface area (Å²) in [6.45, 7) is 2.05. The van der Waals surface area contributed by atoms with Crippen LogP contribution in [0.5, 0.6) is 5.75 Å². The van der Waals surface area contributed by atoms with Gasteiger partial charge in [-0.1, -0.05) is 18.2 Å². The molecule has 0 spiro atoms. The molecule has 0 unspecified atom stereocenters. The molecule has 1 saturated heterocycles. The molecule has 1 fully saturated rings. The topological polar surface area (TPSA) is 65.0 Å². The number of alkyl halides is 3. The number of hydrogen-bond donors (Lipinski definition) is 2. The first-order valence-corrected chi connectivity index (χ1v) is 9.08. The third-order valence-electron chi connectivity index (χ3n) is 4.66. The van der Waals surface area contributed by atoms with Gasteiger partial charge >= 0.3 is 12.2 Å². The summed E-state index contributed by atoms with van der Waals surface area (Å²) >= 11 is 0. The molecule has 1 aliphatic rings. The van der Waals surface area contributed by atoms with Crippen molar-refractivity contribution in [2.75, 3.05) is 43.6 Å². The monoisotopic (exact) mass is 409 g/mol. The van der Waals surface area contributed by atoms with E-state index in [-0.39, 0.29) is 18.0 Å². The highest BCUT2D eigenvalue weighted by Gasteiger charge is 2.32. The summed E-state index contributed by atoms with van der Waals surface area (Å²) in [5.74, 6) is 0.0419. The average Bonchev–Trinajstić information content (AvgIpc) is 2.69. The number of rotatable bonds is 4. The van der Waals surface area contributed by atoms with Gasteiger partial charge < -0.3 is 25.0 Å². The zero-order chi connectivity index (χ0) is 21.0. The van der Waals surface area contributed by atoms with Crippen molar-refractivity contribution in [3.8, 4) is 5.75 Å². The molecule has 0 aliphatic carbocycles. The van der Waals surface area contributed by atoms with Crippen LogP contribution in [-0.4, -0.2) is 49.4 Å². The summed E-state index contributed by atoms with van der Waals surface area (Å²) in [7, 11) is 1.50. The van der Waals surface area contributed by atoms with Crippen molar-refractivity contribution >= 4 is 17.4 Å². The first-order chi connectivity index (χ1) is 13.8. The number of urea groups is 1. The summed E-state index contributed by atoms with van der Waals surface area (Å²) in [6.07, 6.45) is -4.52. The Kier molecular flexibility index (Phi) is 6.17. The molecule has 0 saturated carbocycles. The number of para-hydroxylation sites is 1. The number of morpholine rings is 1. The third kappa shape index (κ3) is 5.11. The molecular formula is C20H22F3N3O3. The van der Waals surface area contributed by atoms with E-state index >= 15 is 0 Å². The lowest BCUT2D eigenvalue weighted by molar-refractivity contribution is -0.137. The van der Waals surface area contributed by atoms with Crippen LogP contribution in [0.1, 0.15) is 11.1 Å². The Hall–Kier alpha value is -2.94.